The van der Waals surface area contributed by atoms with E-state index in [1.165, 1.54) is 31.3 Å². The average molecular weight is 423 g/mol. The standard InChI is InChI=1S/C20H14F5N3O2/c1-11(29)26-13-8-16(21)19(17(22)9-13)28-7-6-12(27-28)10-18(30)14-4-2-3-5-15(14)20(23,24)25/h2-9H,10H2,1H3,(H,26,29). The Kier molecular flexibility index (Phi) is 5.68. The molecule has 2 aromatic carbocycles. The van der Waals surface area contributed by atoms with E-state index < -0.39 is 52.7 Å². The molecular weight excluding hydrogens is 409 g/mol. The summed E-state index contributed by atoms with van der Waals surface area (Å²) < 4.78 is 68.8. The number of ketones is 1. The van der Waals surface area contributed by atoms with Crippen LogP contribution in [0.5, 0.6) is 0 Å². The molecule has 0 atom stereocenters. The summed E-state index contributed by atoms with van der Waals surface area (Å²) in [6.45, 7) is 1.18. The van der Waals surface area contributed by atoms with E-state index in [0.29, 0.717) is 0 Å². The van der Waals surface area contributed by atoms with Crippen molar-refractivity contribution in [3.8, 4) is 5.69 Å². The van der Waals surface area contributed by atoms with Gasteiger partial charge >= 0.3 is 6.18 Å². The molecule has 1 aromatic heterocycles. The molecule has 1 heterocycles. The van der Waals surface area contributed by atoms with E-state index in [1.807, 2.05) is 0 Å². The van der Waals surface area contributed by atoms with E-state index in [0.717, 1.165) is 28.9 Å². The van der Waals surface area contributed by atoms with E-state index in [-0.39, 0.29) is 11.4 Å². The lowest BCUT2D eigenvalue weighted by atomic mass is 10.0. The largest absolute Gasteiger partial charge is 0.417 e. The molecule has 0 aliphatic rings. The zero-order valence-electron chi connectivity index (χ0n) is 15.4. The number of anilines is 1. The van der Waals surface area contributed by atoms with Crippen molar-refractivity contribution in [3.05, 3.63) is 77.1 Å². The summed E-state index contributed by atoms with van der Waals surface area (Å²) in [5, 5.41) is 6.14. The van der Waals surface area contributed by atoms with Gasteiger partial charge in [0.05, 0.1) is 17.7 Å². The third-order valence-corrected chi connectivity index (χ3v) is 4.09. The van der Waals surface area contributed by atoms with E-state index in [4.69, 9.17) is 0 Å². The lowest BCUT2D eigenvalue weighted by Gasteiger charge is -2.11. The molecule has 1 N–H and O–H groups in total. The average Bonchev–Trinajstić information content (AvgIpc) is 3.07. The van der Waals surface area contributed by atoms with Crippen molar-refractivity contribution in [1.82, 2.24) is 9.78 Å². The Bertz CT molecular complexity index is 1100. The van der Waals surface area contributed by atoms with Crippen LogP contribution in [0.3, 0.4) is 0 Å². The van der Waals surface area contributed by atoms with Gasteiger partial charge in [0, 0.05) is 24.4 Å². The number of rotatable bonds is 5. The Morgan fingerprint density at radius 2 is 1.70 bits per heavy atom. The molecule has 3 aromatic rings. The van der Waals surface area contributed by atoms with Crippen molar-refractivity contribution < 1.29 is 31.5 Å². The predicted molar refractivity (Wildman–Crippen MR) is 97.3 cm³/mol. The monoisotopic (exact) mass is 423 g/mol. The molecule has 0 fully saturated rings. The molecule has 156 valence electrons. The third-order valence-electron chi connectivity index (χ3n) is 4.09. The number of hydrogen-bond acceptors (Lipinski definition) is 3. The minimum atomic E-state index is -4.70. The summed E-state index contributed by atoms with van der Waals surface area (Å²) in [7, 11) is 0. The first-order chi connectivity index (χ1) is 14.1. The zero-order valence-corrected chi connectivity index (χ0v) is 15.4. The van der Waals surface area contributed by atoms with Gasteiger partial charge in [-0.25, -0.2) is 13.5 Å². The number of benzene rings is 2. The van der Waals surface area contributed by atoms with E-state index in [2.05, 4.69) is 10.4 Å². The van der Waals surface area contributed by atoms with Gasteiger partial charge in [-0.2, -0.15) is 18.3 Å². The van der Waals surface area contributed by atoms with Gasteiger partial charge < -0.3 is 5.32 Å². The van der Waals surface area contributed by atoms with Crippen LogP contribution < -0.4 is 5.32 Å². The normalized spacial score (nSPS) is 11.4. The van der Waals surface area contributed by atoms with Crippen molar-refractivity contribution >= 4 is 17.4 Å². The van der Waals surface area contributed by atoms with Crippen LogP contribution in [0.4, 0.5) is 27.6 Å². The van der Waals surface area contributed by atoms with Gasteiger partial charge in [-0.1, -0.05) is 18.2 Å². The van der Waals surface area contributed by atoms with Crippen LogP contribution in [0.2, 0.25) is 0 Å². The van der Waals surface area contributed by atoms with Crippen LogP contribution in [0.15, 0.2) is 48.7 Å². The van der Waals surface area contributed by atoms with Gasteiger partial charge in [-0.05, 0) is 24.3 Å². The Balaban J connectivity index is 1.86. The molecule has 0 unspecified atom stereocenters. The smallest absolute Gasteiger partial charge is 0.326 e. The molecule has 0 aliphatic carbocycles. The van der Waals surface area contributed by atoms with Crippen LogP contribution in [-0.2, 0) is 17.4 Å². The number of Topliss-reactive ketones (excluding diaryl/α,β-unsaturated/α-hetero) is 1. The summed E-state index contributed by atoms with van der Waals surface area (Å²) >= 11 is 0. The first-order valence-electron chi connectivity index (χ1n) is 8.57. The summed E-state index contributed by atoms with van der Waals surface area (Å²) in [5.41, 5.74) is -2.20. The molecule has 3 rings (SSSR count). The van der Waals surface area contributed by atoms with Crippen molar-refractivity contribution in [2.45, 2.75) is 19.5 Å². The van der Waals surface area contributed by atoms with Crippen molar-refractivity contribution in [1.29, 1.82) is 0 Å². The van der Waals surface area contributed by atoms with E-state index in [1.54, 1.807) is 0 Å². The molecule has 10 heteroatoms. The van der Waals surface area contributed by atoms with Gasteiger partial charge in [0.1, 0.15) is 5.69 Å². The van der Waals surface area contributed by atoms with E-state index >= 15 is 0 Å². The van der Waals surface area contributed by atoms with Gasteiger partial charge in [0.2, 0.25) is 5.91 Å². The molecular formula is C20H14F5N3O2. The first-order valence-corrected chi connectivity index (χ1v) is 8.57. The van der Waals surface area contributed by atoms with Crippen LogP contribution in [-0.4, -0.2) is 21.5 Å². The molecule has 0 saturated carbocycles. The lowest BCUT2D eigenvalue weighted by molar-refractivity contribution is -0.137. The summed E-state index contributed by atoms with van der Waals surface area (Å²) in [6, 6.07) is 7.40. The fourth-order valence-corrected chi connectivity index (χ4v) is 2.87. The van der Waals surface area contributed by atoms with Gasteiger partial charge in [0.25, 0.3) is 0 Å². The lowest BCUT2D eigenvalue weighted by Crippen LogP contribution is -2.14. The van der Waals surface area contributed by atoms with Gasteiger partial charge in [-0.15, -0.1) is 0 Å². The SMILES string of the molecule is CC(=O)Nc1cc(F)c(-n2ccc(CC(=O)c3ccccc3C(F)(F)F)n2)c(F)c1. The summed E-state index contributed by atoms with van der Waals surface area (Å²) in [4.78, 5) is 23.4. The molecule has 0 spiro atoms. The minimum absolute atomic E-state index is 0.0294. The van der Waals surface area contributed by atoms with Crippen molar-refractivity contribution in [2.75, 3.05) is 5.32 Å². The molecule has 5 nitrogen and oxygen atoms in total. The van der Waals surface area contributed by atoms with Crippen LogP contribution in [0.1, 0.15) is 28.5 Å². The Morgan fingerprint density at radius 1 is 1.07 bits per heavy atom. The highest BCUT2D eigenvalue weighted by Crippen LogP contribution is 2.32. The van der Waals surface area contributed by atoms with Crippen LogP contribution >= 0.6 is 0 Å². The second-order valence-corrected chi connectivity index (χ2v) is 6.36. The maximum atomic E-state index is 14.3. The molecule has 0 bridgehead atoms. The predicted octanol–water partition coefficient (Wildman–Crippen LogP) is 4.55. The number of carbonyl (C=O) groups is 2. The number of alkyl halides is 3. The summed E-state index contributed by atoms with van der Waals surface area (Å²) in [6.07, 6.45) is -4.02. The second kappa shape index (κ2) is 8.05. The second-order valence-electron chi connectivity index (χ2n) is 6.36. The zero-order chi connectivity index (χ0) is 22.1. The fraction of sp³-hybridized carbons (Fsp3) is 0.150. The quantitative estimate of drug-likeness (QED) is 0.484. The first kappa shape index (κ1) is 21.2. The number of nitrogens with zero attached hydrogens (tertiary/aromatic N) is 2. The van der Waals surface area contributed by atoms with Crippen molar-refractivity contribution in [2.24, 2.45) is 0 Å². The number of hydrogen-bond donors (Lipinski definition) is 1. The number of nitrogens with one attached hydrogen (secondary N) is 1. The number of halogens is 5. The minimum Gasteiger partial charge on any atom is -0.326 e. The maximum absolute atomic E-state index is 14.3. The van der Waals surface area contributed by atoms with Gasteiger partial charge in [0.15, 0.2) is 17.4 Å². The Hall–Kier alpha value is -3.56. The van der Waals surface area contributed by atoms with Crippen molar-refractivity contribution in [3.63, 3.8) is 0 Å². The van der Waals surface area contributed by atoms with Gasteiger partial charge in [-0.3, -0.25) is 9.59 Å². The fourth-order valence-electron chi connectivity index (χ4n) is 2.87. The topological polar surface area (TPSA) is 64.0 Å². The third kappa shape index (κ3) is 4.53. The molecule has 0 saturated heterocycles. The highest BCUT2D eigenvalue weighted by atomic mass is 19.4. The highest BCUT2D eigenvalue weighted by Gasteiger charge is 2.34. The molecule has 1 amide bonds. The number of aromatic nitrogens is 2. The maximum Gasteiger partial charge on any atom is 0.417 e. The highest BCUT2D eigenvalue weighted by molar-refractivity contribution is 5.98. The Morgan fingerprint density at radius 3 is 2.30 bits per heavy atom. The number of carbonyl (C=O) groups excluding carboxylic acids is 2. The van der Waals surface area contributed by atoms with Crippen LogP contribution in [0.25, 0.3) is 5.69 Å². The molecule has 0 radical (unpaired) electrons. The summed E-state index contributed by atoms with van der Waals surface area (Å²) in [5.74, 6) is -3.40. The van der Waals surface area contributed by atoms with Crippen LogP contribution in [0, 0.1) is 11.6 Å². The Labute approximate surface area is 167 Å². The molecule has 0 aliphatic heterocycles. The number of amides is 1. The molecule has 30 heavy (non-hydrogen) atoms. The van der Waals surface area contributed by atoms with E-state index in [9.17, 15) is 31.5 Å².